The van der Waals surface area contributed by atoms with Crippen LogP contribution in [0.1, 0.15) is 23.6 Å². The molecule has 0 aliphatic rings. The lowest BCUT2D eigenvalue weighted by Gasteiger charge is -2.05. The van der Waals surface area contributed by atoms with Gasteiger partial charge < -0.3 is 4.42 Å². The number of aromatic nitrogens is 2. The van der Waals surface area contributed by atoms with Crippen LogP contribution in [0.3, 0.4) is 0 Å². The molecular formula is C24H17F3N2OS2. The van der Waals surface area contributed by atoms with Gasteiger partial charge in [0, 0.05) is 27.1 Å². The van der Waals surface area contributed by atoms with Crippen LogP contribution in [0.15, 0.2) is 69.4 Å². The molecule has 0 saturated heterocycles. The Bertz CT molecular complexity index is 1400. The Balaban J connectivity index is 1.40. The van der Waals surface area contributed by atoms with Crippen molar-refractivity contribution in [3.05, 3.63) is 76.8 Å². The Labute approximate surface area is 190 Å². The van der Waals surface area contributed by atoms with Gasteiger partial charge in [-0.15, -0.1) is 23.1 Å². The van der Waals surface area contributed by atoms with E-state index in [-0.39, 0.29) is 5.89 Å². The van der Waals surface area contributed by atoms with E-state index in [4.69, 9.17) is 4.42 Å². The minimum atomic E-state index is -4.38. The Morgan fingerprint density at radius 1 is 1.03 bits per heavy atom. The molecular weight excluding hydrogens is 453 g/mol. The number of hydrogen-bond acceptors (Lipinski definition) is 5. The van der Waals surface area contributed by atoms with Crippen molar-refractivity contribution in [2.75, 3.05) is 0 Å². The van der Waals surface area contributed by atoms with E-state index in [2.05, 4.69) is 40.5 Å². The maximum absolute atomic E-state index is 12.8. The van der Waals surface area contributed by atoms with Gasteiger partial charge in [0.05, 0.1) is 5.56 Å². The van der Waals surface area contributed by atoms with Crippen LogP contribution in [-0.4, -0.2) is 9.97 Å². The van der Waals surface area contributed by atoms with Crippen molar-refractivity contribution >= 4 is 44.4 Å². The van der Waals surface area contributed by atoms with Crippen molar-refractivity contribution in [2.24, 2.45) is 0 Å². The first kappa shape index (κ1) is 21.0. The third kappa shape index (κ3) is 4.00. The van der Waals surface area contributed by atoms with E-state index in [0.29, 0.717) is 22.5 Å². The summed E-state index contributed by atoms with van der Waals surface area (Å²) in [7, 11) is 0. The molecule has 0 radical (unpaired) electrons. The van der Waals surface area contributed by atoms with Crippen molar-refractivity contribution in [3.63, 3.8) is 0 Å². The summed E-state index contributed by atoms with van der Waals surface area (Å²) in [5, 5.41) is 3.52. The molecule has 162 valence electrons. The van der Waals surface area contributed by atoms with Crippen LogP contribution >= 0.6 is 23.1 Å². The number of aryl methyl sites for hydroxylation is 1. The average Bonchev–Trinajstić information content (AvgIpc) is 3.41. The van der Waals surface area contributed by atoms with E-state index >= 15 is 0 Å². The minimum Gasteiger partial charge on any atom is -0.418 e. The van der Waals surface area contributed by atoms with Gasteiger partial charge in [0.2, 0.25) is 11.6 Å². The highest BCUT2D eigenvalue weighted by molar-refractivity contribution is 7.98. The molecule has 3 heterocycles. The SMILES string of the molecule is CCc1csc2cc(SCc3ccnc4oc(-c5ccc(C(F)(F)F)cc5)nc34)ccc12. The van der Waals surface area contributed by atoms with Crippen LogP contribution in [0.4, 0.5) is 13.2 Å². The lowest BCUT2D eigenvalue weighted by molar-refractivity contribution is -0.137. The van der Waals surface area contributed by atoms with E-state index in [1.54, 1.807) is 29.3 Å². The van der Waals surface area contributed by atoms with E-state index in [1.165, 1.54) is 32.7 Å². The fourth-order valence-corrected chi connectivity index (χ4v) is 5.59. The highest BCUT2D eigenvalue weighted by Gasteiger charge is 2.30. The third-order valence-electron chi connectivity index (χ3n) is 5.24. The number of benzene rings is 2. The molecule has 0 N–H and O–H groups in total. The molecule has 5 rings (SSSR count). The molecule has 0 aliphatic carbocycles. The van der Waals surface area contributed by atoms with Gasteiger partial charge in [-0.2, -0.15) is 13.2 Å². The molecule has 0 bridgehead atoms. The van der Waals surface area contributed by atoms with E-state index < -0.39 is 11.7 Å². The van der Waals surface area contributed by atoms with E-state index in [1.807, 2.05) is 6.07 Å². The van der Waals surface area contributed by atoms with Crippen molar-refractivity contribution in [3.8, 4) is 11.5 Å². The van der Waals surface area contributed by atoms with Gasteiger partial charge in [0.1, 0.15) is 5.52 Å². The third-order valence-corrected chi connectivity index (χ3v) is 7.28. The Kier molecular flexibility index (Phi) is 5.43. The second kappa shape index (κ2) is 8.26. The fourth-order valence-electron chi connectivity index (χ4n) is 3.51. The first-order valence-corrected chi connectivity index (χ1v) is 11.8. The first-order chi connectivity index (χ1) is 15.4. The van der Waals surface area contributed by atoms with Gasteiger partial charge in [0.15, 0.2) is 0 Å². The van der Waals surface area contributed by atoms with Crippen molar-refractivity contribution in [1.29, 1.82) is 0 Å². The molecule has 0 atom stereocenters. The summed E-state index contributed by atoms with van der Waals surface area (Å²) in [5.41, 5.74) is 3.10. The van der Waals surface area contributed by atoms with Crippen LogP contribution in [0, 0.1) is 0 Å². The summed E-state index contributed by atoms with van der Waals surface area (Å²) in [6.07, 6.45) is -1.69. The van der Waals surface area contributed by atoms with Crippen molar-refractivity contribution in [2.45, 2.75) is 30.2 Å². The maximum Gasteiger partial charge on any atom is 0.416 e. The molecule has 5 aromatic rings. The Morgan fingerprint density at radius 3 is 2.59 bits per heavy atom. The zero-order valence-electron chi connectivity index (χ0n) is 16.9. The standard InChI is InChI=1S/C24H17F3N2OS2/c1-2-14-12-32-20-11-18(7-8-19(14)20)31-13-16-9-10-28-23-21(16)29-22(30-23)15-3-5-17(6-4-15)24(25,26)27/h3-12H,2,13H2,1H3. The molecule has 0 unspecified atom stereocenters. The van der Waals surface area contributed by atoms with Crippen LogP contribution in [0.2, 0.25) is 0 Å². The van der Waals surface area contributed by atoms with Gasteiger partial charge in [-0.3, -0.25) is 0 Å². The summed E-state index contributed by atoms with van der Waals surface area (Å²) in [6.45, 7) is 2.16. The summed E-state index contributed by atoms with van der Waals surface area (Å²) >= 11 is 3.46. The number of pyridine rings is 1. The topological polar surface area (TPSA) is 38.9 Å². The number of thioether (sulfide) groups is 1. The number of rotatable bonds is 5. The first-order valence-electron chi connectivity index (χ1n) is 9.97. The highest BCUT2D eigenvalue weighted by atomic mass is 32.2. The molecule has 8 heteroatoms. The number of halogens is 3. The number of nitrogens with zero attached hydrogens (tertiary/aromatic N) is 2. The zero-order chi connectivity index (χ0) is 22.3. The number of oxazole rings is 1. The van der Waals surface area contributed by atoms with Gasteiger partial charge in [-0.1, -0.05) is 13.0 Å². The van der Waals surface area contributed by atoms with Gasteiger partial charge >= 0.3 is 6.18 Å². The predicted molar refractivity (Wildman–Crippen MR) is 123 cm³/mol. The molecule has 32 heavy (non-hydrogen) atoms. The Morgan fingerprint density at radius 2 is 1.84 bits per heavy atom. The molecule has 0 fully saturated rings. The summed E-state index contributed by atoms with van der Waals surface area (Å²) in [6, 6.07) is 13.2. The molecule has 2 aromatic carbocycles. The summed E-state index contributed by atoms with van der Waals surface area (Å²) < 4.78 is 45.5. The van der Waals surface area contributed by atoms with Gasteiger partial charge in [-0.05, 0) is 70.8 Å². The van der Waals surface area contributed by atoms with E-state index in [0.717, 1.165) is 24.1 Å². The number of hydrogen-bond donors (Lipinski definition) is 0. The van der Waals surface area contributed by atoms with Gasteiger partial charge in [-0.25, -0.2) is 9.97 Å². The van der Waals surface area contributed by atoms with Crippen molar-refractivity contribution in [1.82, 2.24) is 9.97 Å². The predicted octanol–water partition coefficient (Wildman–Crippen LogP) is 7.98. The van der Waals surface area contributed by atoms with Crippen LogP contribution in [-0.2, 0) is 18.3 Å². The largest absolute Gasteiger partial charge is 0.418 e. The highest BCUT2D eigenvalue weighted by Crippen LogP contribution is 2.34. The van der Waals surface area contributed by atoms with Gasteiger partial charge in [0.25, 0.3) is 0 Å². The van der Waals surface area contributed by atoms with Crippen LogP contribution in [0.5, 0.6) is 0 Å². The van der Waals surface area contributed by atoms with Crippen LogP contribution in [0.25, 0.3) is 32.8 Å². The second-order valence-corrected chi connectivity index (χ2v) is 9.24. The number of alkyl halides is 3. The fraction of sp³-hybridized carbons (Fsp3) is 0.167. The van der Waals surface area contributed by atoms with Crippen LogP contribution < -0.4 is 0 Å². The quantitative estimate of drug-likeness (QED) is 0.244. The Hall–Kier alpha value is -2.84. The molecule has 0 saturated carbocycles. The zero-order valence-corrected chi connectivity index (χ0v) is 18.6. The summed E-state index contributed by atoms with van der Waals surface area (Å²) in [4.78, 5) is 9.93. The smallest absolute Gasteiger partial charge is 0.416 e. The molecule has 0 aliphatic heterocycles. The normalized spacial score (nSPS) is 12.1. The lowest BCUT2D eigenvalue weighted by atomic mass is 10.1. The number of thiophene rings is 1. The summed E-state index contributed by atoms with van der Waals surface area (Å²) in [5.74, 6) is 0.931. The van der Waals surface area contributed by atoms with E-state index in [9.17, 15) is 13.2 Å². The lowest BCUT2D eigenvalue weighted by Crippen LogP contribution is -2.03. The molecule has 3 nitrogen and oxygen atoms in total. The number of fused-ring (bicyclic) bond motifs is 2. The molecule has 3 aromatic heterocycles. The average molecular weight is 471 g/mol. The monoisotopic (exact) mass is 470 g/mol. The molecule has 0 spiro atoms. The minimum absolute atomic E-state index is 0.255. The molecule has 0 amide bonds. The maximum atomic E-state index is 12.8. The van der Waals surface area contributed by atoms with Crippen molar-refractivity contribution < 1.29 is 17.6 Å². The second-order valence-electron chi connectivity index (χ2n) is 7.28.